The molecule has 1 fully saturated rings. The van der Waals surface area contributed by atoms with Gasteiger partial charge < -0.3 is 34.6 Å². The van der Waals surface area contributed by atoms with Gasteiger partial charge in [-0.2, -0.15) is 0 Å². The molecule has 0 amide bonds. The molecule has 0 radical (unpaired) electrons. The molecule has 0 saturated heterocycles. The minimum Gasteiger partial charge on any atom is -0.462 e. The topological polar surface area (TPSA) is 180 Å². The largest absolute Gasteiger partial charge is 0.469 e. The number of carbonyl (C=O) groups is 2. The van der Waals surface area contributed by atoms with Crippen LogP contribution in [0.15, 0.2) is 24.3 Å². The van der Waals surface area contributed by atoms with Crippen LogP contribution in [0.5, 0.6) is 0 Å². The van der Waals surface area contributed by atoms with Crippen LogP contribution in [0.2, 0.25) is 0 Å². The van der Waals surface area contributed by atoms with Crippen molar-refractivity contribution in [2.24, 2.45) is 17.8 Å². The smallest absolute Gasteiger partial charge is 0.462 e. The Kier molecular flexibility index (Phi) is 24.3. The summed E-state index contributed by atoms with van der Waals surface area (Å²) in [4.78, 5) is 42.8. The van der Waals surface area contributed by atoms with Crippen LogP contribution in [0, 0.1) is 17.8 Å². The molecule has 5 N–H and O–H groups in total. The summed E-state index contributed by atoms with van der Waals surface area (Å²) in [5.41, 5.74) is 0. The Morgan fingerprint density at radius 2 is 1.52 bits per heavy atom. The number of hydrogen-bond donors (Lipinski definition) is 5. The van der Waals surface area contributed by atoms with Gasteiger partial charge in [0.15, 0.2) is 6.10 Å². The summed E-state index contributed by atoms with van der Waals surface area (Å²) in [7, 11) is -4.81. The highest BCUT2D eigenvalue weighted by Crippen LogP contribution is 2.37. The number of aliphatic hydroxyl groups is 3. The number of aliphatic hydroxyl groups excluding tert-OH is 3. The maximum Gasteiger partial charge on any atom is 0.469 e. The lowest BCUT2D eigenvalue weighted by Crippen LogP contribution is -2.29. The highest BCUT2D eigenvalue weighted by atomic mass is 31.2. The molecule has 1 unspecified atom stereocenters. The van der Waals surface area contributed by atoms with Gasteiger partial charge in [-0.3, -0.25) is 14.1 Å². The molecule has 48 heavy (non-hydrogen) atoms. The van der Waals surface area contributed by atoms with Crippen molar-refractivity contribution in [2.75, 3.05) is 13.2 Å². The van der Waals surface area contributed by atoms with Crippen molar-refractivity contribution in [1.82, 2.24) is 0 Å². The van der Waals surface area contributed by atoms with E-state index in [0.717, 1.165) is 44.4 Å². The SMILES string of the molecule is CCCCC[C@H](O)/C=C/[C@@H]1[C@@H](C/C=C/CCCC(=O)O[C@H](COC(=O)CCCCCCCCC(C)CC)COP(=O)(O)O)[C@@H](O)C[C@H]1O. The highest BCUT2D eigenvalue weighted by Gasteiger charge is 2.39. The van der Waals surface area contributed by atoms with Gasteiger partial charge in [0.05, 0.1) is 24.9 Å². The van der Waals surface area contributed by atoms with E-state index in [1.807, 2.05) is 18.2 Å². The maximum absolute atomic E-state index is 12.4. The van der Waals surface area contributed by atoms with E-state index in [9.17, 15) is 29.5 Å². The lowest BCUT2D eigenvalue weighted by atomic mass is 9.89. The lowest BCUT2D eigenvalue weighted by Gasteiger charge is -2.19. The molecule has 1 saturated carbocycles. The van der Waals surface area contributed by atoms with Crippen LogP contribution in [0.1, 0.15) is 136 Å². The Morgan fingerprint density at radius 1 is 0.854 bits per heavy atom. The summed E-state index contributed by atoms with van der Waals surface area (Å²) in [6.07, 6.45) is 18.8. The molecule has 0 spiro atoms. The highest BCUT2D eigenvalue weighted by molar-refractivity contribution is 7.46. The van der Waals surface area contributed by atoms with Gasteiger partial charge in [0.2, 0.25) is 0 Å². The number of phosphoric ester groups is 1. The maximum atomic E-state index is 12.4. The van der Waals surface area contributed by atoms with E-state index in [-0.39, 0.29) is 37.7 Å². The molecular formula is C36H65O11P. The fourth-order valence-electron chi connectivity index (χ4n) is 5.87. The zero-order valence-corrected chi connectivity index (χ0v) is 30.5. The van der Waals surface area contributed by atoms with E-state index in [1.54, 1.807) is 6.08 Å². The molecule has 280 valence electrons. The van der Waals surface area contributed by atoms with E-state index >= 15 is 0 Å². The molecule has 7 atom stereocenters. The Hall–Kier alpha value is -1.59. The van der Waals surface area contributed by atoms with Crippen LogP contribution in [-0.4, -0.2) is 74.7 Å². The van der Waals surface area contributed by atoms with Crippen molar-refractivity contribution in [2.45, 2.75) is 161 Å². The Morgan fingerprint density at radius 3 is 2.21 bits per heavy atom. The lowest BCUT2D eigenvalue weighted by molar-refractivity contribution is -0.161. The molecule has 0 aromatic heterocycles. The van der Waals surface area contributed by atoms with Gasteiger partial charge in [-0.05, 0) is 43.9 Å². The van der Waals surface area contributed by atoms with Crippen molar-refractivity contribution in [3.63, 3.8) is 0 Å². The number of unbranched alkanes of at least 4 members (excludes halogenated alkanes) is 8. The average molecular weight is 705 g/mol. The van der Waals surface area contributed by atoms with Crippen molar-refractivity contribution in [3.8, 4) is 0 Å². The van der Waals surface area contributed by atoms with E-state index in [0.29, 0.717) is 32.1 Å². The van der Waals surface area contributed by atoms with Crippen molar-refractivity contribution in [1.29, 1.82) is 0 Å². The first-order valence-corrected chi connectivity index (χ1v) is 19.8. The number of esters is 2. The van der Waals surface area contributed by atoms with E-state index < -0.39 is 50.8 Å². The molecule has 0 aromatic rings. The van der Waals surface area contributed by atoms with E-state index in [2.05, 4.69) is 25.3 Å². The van der Waals surface area contributed by atoms with Gasteiger partial charge >= 0.3 is 19.8 Å². The summed E-state index contributed by atoms with van der Waals surface area (Å²) in [5.74, 6) is -0.737. The quantitative estimate of drug-likeness (QED) is 0.0253. The Labute approximate surface area is 288 Å². The fraction of sp³-hybridized carbons (Fsp3) is 0.833. The predicted octanol–water partition coefficient (Wildman–Crippen LogP) is 6.69. The van der Waals surface area contributed by atoms with E-state index in [1.165, 1.54) is 25.7 Å². The average Bonchev–Trinajstić information content (AvgIpc) is 3.30. The molecule has 1 aliphatic carbocycles. The number of phosphoric acid groups is 1. The molecular weight excluding hydrogens is 639 g/mol. The summed E-state index contributed by atoms with van der Waals surface area (Å²) < 4.78 is 26.2. The van der Waals surface area contributed by atoms with Gasteiger partial charge in [0.25, 0.3) is 0 Å². The number of carbonyl (C=O) groups excluding carboxylic acids is 2. The van der Waals surface area contributed by atoms with Gasteiger partial charge in [-0.1, -0.05) is 109 Å². The first kappa shape index (κ1) is 44.4. The molecule has 0 heterocycles. The normalized spacial score (nSPS) is 21.9. The molecule has 1 rings (SSSR count). The second kappa shape index (κ2) is 26.3. The van der Waals surface area contributed by atoms with Crippen molar-refractivity contribution < 1.29 is 53.3 Å². The van der Waals surface area contributed by atoms with Crippen LogP contribution < -0.4 is 0 Å². The summed E-state index contributed by atoms with van der Waals surface area (Å²) in [5, 5.41) is 31.1. The van der Waals surface area contributed by atoms with Crippen LogP contribution in [-0.2, 0) is 28.2 Å². The Balaban J connectivity index is 2.40. The zero-order valence-electron chi connectivity index (χ0n) is 29.6. The number of hydrogen-bond acceptors (Lipinski definition) is 9. The minimum absolute atomic E-state index is 0.0358. The monoisotopic (exact) mass is 704 g/mol. The van der Waals surface area contributed by atoms with Crippen LogP contribution in [0.3, 0.4) is 0 Å². The first-order valence-electron chi connectivity index (χ1n) is 18.3. The molecule has 12 heteroatoms. The fourth-order valence-corrected chi connectivity index (χ4v) is 6.23. The van der Waals surface area contributed by atoms with E-state index in [4.69, 9.17) is 19.3 Å². The molecule has 0 aromatic carbocycles. The van der Waals surface area contributed by atoms with Crippen LogP contribution in [0.25, 0.3) is 0 Å². The molecule has 11 nitrogen and oxygen atoms in total. The zero-order chi connectivity index (χ0) is 35.8. The third-order valence-electron chi connectivity index (χ3n) is 9.08. The molecule has 0 aliphatic heterocycles. The summed E-state index contributed by atoms with van der Waals surface area (Å²) in [6, 6.07) is 0. The van der Waals surface area contributed by atoms with Gasteiger partial charge in [0, 0.05) is 25.2 Å². The van der Waals surface area contributed by atoms with Crippen molar-refractivity contribution >= 4 is 19.8 Å². The number of rotatable bonds is 28. The molecule has 1 aliphatic rings. The van der Waals surface area contributed by atoms with Gasteiger partial charge in [0.1, 0.15) is 6.61 Å². The predicted molar refractivity (Wildman–Crippen MR) is 186 cm³/mol. The van der Waals surface area contributed by atoms with Gasteiger partial charge in [-0.25, -0.2) is 4.57 Å². The standard InChI is InChI=1S/C36H65O11P/c1-4-6-13-19-29(37)23-24-32-31(33(38)25-34(32)39)20-15-11-12-17-22-36(41)47-30(27-46-48(42,43)44)26-45-35(40)21-16-10-8-7-9-14-18-28(3)5-2/h11,15,23-24,28-34,37-39H,4-10,12-14,16-22,25-27H2,1-3H3,(H2,42,43,44)/b15-11+,24-23+/t28?,29-,30+,31+,32+,33-,34+/m0/s1. The summed E-state index contributed by atoms with van der Waals surface area (Å²) in [6.45, 7) is 5.61. The number of allylic oxidation sites excluding steroid dienone is 2. The van der Waals surface area contributed by atoms with Crippen LogP contribution in [0.4, 0.5) is 0 Å². The Bertz CT molecular complexity index is 966. The second-order valence-corrected chi connectivity index (χ2v) is 14.7. The second-order valence-electron chi connectivity index (χ2n) is 13.4. The molecule has 0 bridgehead atoms. The van der Waals surface area contributed by atoms with Gasteiger partial charge in [-0.15, -0.1) is 0 Å². The third-order valence-corrected chi connectivity index (χ3v) is 9.57. The van der Waals surface area contributed by atoms with Crippen LogP contribution >= 0.6 is 7.82 Å². The van der Waals surface area contributed by atoms with Crippen molar-refractivity contribution in [3.05, 3.63) is 24.3 Å². The number of ether oxygens (including phenoxy) is 2. The third kappa shape index (κ3) is 22.2. The minimum atomic E-state index is -4.81. The summed E-state index contributed by atoms with van der Waals surface area (Å²) >= 11 is 0. The first-order chi connectivity index (χ1) is 22.9.